The summed E-state index contributed by atoms with van der Waals surface area (Å²) in [5.41, 5.74) is 1.55. The smallest absolute Gasteiger partial charge is 0.126 e. The van der Waals surface area contributed by atoms with Gasteiger partial charge in [0.25, 0.3) is 0 Å². The Morgan fingerprint density at radius 1 is 1.22 bits per heavy atom. The zero-order valence-electron chi connectivity index (χ0n) is 10.6. The molecule has 0 spiro atoms. The van der Waals surface area contributed by atoms with Gasteiger partial charge in [0.2, 0.25) is 0 Å². The van der Waals surface area contributed by atoms with E-state index in [1.54, 1.807) is 13.0 Å². The molecule has 1 aromatic rings. The SMILES string of the molecule is Cc1cc(C(O)C2C3C4CCC(C4)C32)ccc1F. The Balaban J connectivity index is 1.58. The van der Waals surface area contributed by atoms with E-state index < -0.39 is 0 Å². The maximum Gasteiger partial charge on any atom is 0.126 e. The predicted molar refractivity (Wildman–Crippen MR) is 67.4 cm³/mol. The summed E-state index contributed by atoms with van der Waals surface area (Å²) in [5.74, 6) is 3.57. The Labute approximate surface area is 107 Å². The molecule has 3 fully saturated rings. The van der Waals surface area contributed by atoms with E-state index in [0.717, 1.165) is 29.2 Å². The zero-order valence-corrected chi connectivity index (χ0v) is 10.6. The third kappa shape index (κ3) is 1.36. The van der Waals surface area contributed by atoms with Crippen molar-refractivity contribution >= 4 is 0 Å². The summed E-state index contributed by atoms with van der Waals surface area (Å²) >= 11 is 0. The summed E-state index contributed by atoms with van der Waals surface area (Å²) in [6.07, 6.45) is 3.78. The van der Waals surface area contributed by atoms with Crippen molar-refractivity contribution in [2.24, 2.45) is 29.6 Å². The minimum atomic E-state index is -0.373. The van der Waals surface area contributed by atoms with Gasteiger partial charge in [-0.05, 0) is 73.0 Å². The van der Waals surface area contributed by atoms with Crippen molar-refractivity contribution in [3.05, 3.63) is 35.1 Å². The van der Waals surface area contributed by atoms with Gasteiger partial charge in [-0.25, -0.2) is 4.39 Å². The highest BCUT2D eigenvalue weighted by molar-refractivity contribution is 5.29. The first-order valence-electron chi connectivity index (χ1n) is 7.11. The van der Waals surface area contributed by atoms with Crippen LogP contribution in [0.3, 0.4) is 0 Å². The molecule has 0 aromatic heterocycles. The van der Waals surface area contributed by atoms with Gasteiger partial charge in [0.1, 0.15) is 5.82 Å². The molecule has 0 aliphatic heterocycles. The van der Waals surface area contributed by atoms with E-state index in [1.165, 1.54) is 25.3 Å². The fourth-order valence-electron chi connectivity index (χ4n) is 4.89. The van der Waals surface area contributed by atoms with E-state index in [1.807, 2.05) is 6.07 Å². The van der Waals surface area contributed by atoms with Crippen LogP contribution in [-0.2, 0) is 0 Å². The highest BCUT2D eigenvalue weighted by Crippen LogP contribution is 2.72. The van der Waals surface area contributed by atoms with Gasteiger partial charge < -0.3 is 5.11 Å². The molecule has 0 amide bonds. The number of aliphatic hydroxyl groups is 1. The average molecular weight is 246 g/mol. The summed E-state index contributed by atoms with van der Waals surface area (Å²) in [6, 6.07) is 5.06. The lowest BCUT2D eigenvalue weighted by Gasteiger charge is -2.16. The van der Waals surface area contributed by atoms with Crippen LogP contribution in [0, 0.1) is 42.3 Å². The van der Waals surface area contributed by atoms with Crippen molar-refractivity contribution in [2.45, 2.75) is 32.3 Å². The minimum Gasteiger partial charge on any atom is -0.388 e. The second-order valence-electron chi connectivity index (χ2n) is 6.52. The number of hydrogen-bond donors (Lipinski definition) is 1. The van der Waals surface area contributed by atoms with Crippen LogP contribution in [0.25, 0.3) is 0 Å². The molecule has 0 saturated heterocycles. The van der Waals surface area contributed by atoms with Gasteiger partial charge >= 0.3 is 0 Å². The molecule has 96 valence electrons. The van der Waals surface area contributed by atoms with E-state index in [9.17, 15) is 9.50 Å². The van der Waals surface area contributed by atoms with Crippen molar-refractivity contribution in [3.63, 3.8) is 0 Å². The van der Waals surface area contributed by atoms with Crippen LogP contribution >= 0.6 is 0 Å². The van der Waals surface area contributed by atoms with Crippen LogP contribution in [0.15, 0.2) is 18.2 Å². The zero-order chi connectivity index (χ0) is 12.4. The van der Waals surface area contributed by atoms with Crippen LogP contribution < -0.4 is 0 Å². The maximum atomic E-state index is 13.3. The van der Waals surface area contributed by atoms with E-state index >= 15 is 0 Å². The molecule has 0 heterocycles. The average Bonchev–Trinajstić information content (AvgIpc) is 2.80. The van der Waals surface area contributed by atoms with Crippen molar-refractivity contribution in [1.29, 1.82) is 0 Å². The third-order valence-corrected chi connectivity index (χ3v) is 5.68. The number of halogens is 1. The fraction of sp³-hybridized carbons (Fsp3) is 0.625. The first-order chi connectivity index (χ1) is 8.66. The quantitative estimate of drug-likeness (QED) is 0.847. The van der Waals surface area contributed by atoms with Crippen molar-refractivity contribution in [1.82, 2.24) is 0 Å². The molecule has 2 bridgehead atoms. The molecule has 3 aliphatic carbocycles. The molecule has 1 aromatic carbocycles. The largest absolute Gasteiger partial charge is 0.388 e. The molecule has 1 nitrogen and oxygen atoms in total. The summed E-state index contributed by atoms with van der Waals surface area (Å²) in [7, 11) is 0. The summed E-state index contributed by atoms with van der Waals surface area (Å²) < 4.78 is 13.3. The summed E-state index contributed by atoms with van der Waals surface area (Å²) in [4.78, 5) is 0. The Morgan fingerprint density at radius 3 is 2.50 bits per heavy atom. The first-order valence-corrected chi connectivity index (χ1v) is 7.11. The molecule has 5 atom stereocenters. The Hall–Kier alpha value is -0.890. The number of aryl methyl sites for hydroxylation is 1. The predicted octanol–water partition coefficient (Wildman–Crippen LogP) is 3.46. The van der Waals surface area contributed by atoms with E-state index in [0.29, 0.717) is 11.5 Å². The van der Waals surface area contributed by atoms with Crippen LogP contribution in [0.2, 0.25) is 0 Å². The molecule has 3 saturated carbocycles. The molecule has 0 radical (unpaired) electrons. The van der Waals surface area contributed by atoms with Crippen molar-refractivity contribution in [3.8, 4) is 0 Å². The van der Waals surface area contributed by atoms with Gasteiger partial charge in [-0.3, -0.25) is 0 Å². The third-order valence-electron chi connectivity index (χ3n) is 5.68. The highest BCUT2D eigenvalue weighted by atomic mass is 19.1. The summed E-state index contributed by atoms with van der Waals surface area (Å²) in [6.45, 7) is 1.77. The molecule has 1 N–H and O–H groups in total. The molecule has 18 heavy (non-hydrogen) atoms. The van der Waals surface area contributed by atoms with Gasteiger partial charge in [0.15, 0.2) is 0 Å². The first kappa shape index (κ1) is 11.0. The number of fused-ring (bicyclic) bond motifs is 5. The van der Waals surface area contributed by atoms with Crippen LogP contribution in [0.1, 0.15) is 36.5 Å². The van der Waals surface area contributed by atoms with Gasteiger partial charge in [0.05, 0.1) is 6.10 Å². The van der Waals surface area contributed by atoms with E-state index in [2.05, 4.69) is 0 Å². The van der Waals surface area contributed by atoms with Gasteiger partial charge in [0, 0.05) is 0 Å². The fourth-order valence-corrected chi connectivity index (χ4v) is 4.89. The normalized spacial score (nSPS) is 41.8. The molecule has 2 heteroatoms. The standard InChI is InChI=1S/C16H19FO/c1-8-6-11(4-5-12(8)17)16(18)15-13-9-2-3-10(7-9)14(13)15/h4-6,9-10,13-16,18H,2-3,7H2,1H3. The molecular weight excluding hydrogens is 227 g/mol. The highest BCUT2D eigenvalue weighted by Gasteiger charge is 2.66. The maximum absolute atomic E-state index is 13.3. The van der Waals surface area contributed by atoms with Crippen LogP contribution in [0.4, 0.5) is 4.39 Å². The van der Waals surface area contributed by atoms with E-state index in [-0.39, 0.29) is 11.9 Å². The number of benzene rings is 1. The number of hydrogen-bond acceptors (Lipinski definition) is 1. The number of aliphatic hydroxyl groups excluding tert-OH is 1. The molecule has 5 unspecified atom stereocenters. The van der Waals surface area contributed by atoms with Crippen LogP contribution in [0.5, 0.6) is 0 Å². The van der Waals surface area contributed by atoms with Gasteiger partial charge in [-0.2, -0.15) is 0 Å². The molecule has 3 aliphatic rings. The van der Waals surface area contributed by atoms with E-state index in [4.69, 9.17) is 0 Å². The topological polar surface area (TPSA) is 20.2 Å². The lowest BCUT2D eigenvalue weighted by atomic mass is 9.94. The van der Waals surface area contributed by atoms with Crippen LogP contribution in [-0.4, -0.2) is 5.11 Å². The Bertz CT molecular complexity index is 482. The lowest BCUT2D eigenvalue weighted by molar-refractivity contribution is 0.130. The van der Waals surface area contributed by atoms with Crippen molar-refractivity contribution in [2.75, 3.05) is 0 Å². The van der Waals surface area contributed by atoms with Gasteiger partial charge in [-0.1, -0.05) is 12.1 Å². The Kier molecular flexibility index (Phi) is 2.18. The molecular formula is C16H19FO. The molecule has 4 rings (SSSR count). The monoisotopic (exact) mass is 246 g/mol. The van der Waals surface area contributed by atoms with Gasteiger partial charge in [-0.15, -0.1) is 0 Å². The second kappa shape index (κ2) is 3.57. The minimum absolute atomic E-state index is 0.179. The lowest BCUT2D eigenvalue weighted by Crippen LogP contribution is -2.08. The Morgan fingerprint density at radius 2 is 1.89 bits per heavy atom. The second-order valence-corrected chi connectivity index (χ2v) is 6.52. The number of rotatable bonds is 2. The van der Waals surface area contributed by atoms with Crippen molar-refractivity contribution < 1.29 is 9.50 Å². The summed E-state index contributed by atoms with van der Waals surface area (Å²) in [5, 5.41) is 10.5.